The quantitative estimate of drug-likeness (QED) is 0.225. The maximum atomic E-state index is 15.4. The average Bonchev–Trinajstić information content (AvgIpc) is 2.91. The summed E-state index contributed by atoms with van der Waals surface area (Å²) in [5, 5.41) is 0. The normalized spacial score (nSPS) is 41.9. The van der Waals surface area contributed by atoms with Gasteiger partial charge in [0.25, 0.3) is 0 Å². The first kappa shape index (κ1) is 28.8. The largest absolute Gasteiger partial charge is 0.381 e. The van der Waals surface area contributed by atoms with Gasteiger partial charge in [0.2, 0.25) is 0 Å². The monoisotopic (exact) mass is 508 g/mol. The van der Waals surface area contributed by atoms with Crippen molar-refractivity contribution in [1.82, 2.24) is 0 Å². The fourth-order valence-electron chi connectivity index (χ4n) is 9.54. The minimum absolute atomic E-state index is 0.242. The molecule has 210 valence electrons. The molecule has 0 aliphatic heterocycles. The predicted molar refractivity (Wildman–Crippen MR) is 148 cm³/mol. The number of hydrogen-bond donors (Lipinski definition) is 0. The summed E-state index contributed by atoms with van der Waals surface area (Å²) >= 11 is 0. The molecule has 0 heterocycles. The topological polar surface area (TPSA) is 9.23 Å². The van der Waals surface area contributed by atoms with Crippen molar-refractivity contribution in [3.8, 4) is 0 Å². The Morgan fingerprint density at radius 1 is 0.722 bits per heavy atom. The molecule has 0 N–H and O–H groups in total. The predicted octanol–water partition coefficient (Wildman–Crippen LogP) is 10.4. The second-order valence-corrected chi connectivity index (χ2v) is 13.9. The van der Waals surface area contributed by atoms with Crippen LogP contribution in [-0.2, 0) is 4.74 Å². The summed E-state index contributed by atoms with van der Waals surface area (Å²) < 4.78 is 36.5. The second kappa shape index (κ2) is 13.3. The van der Waals surface area contributed by atoms with Gasteiger partial charge in [0.15, 0.2) is 0 Å². The number of ether oxygens (including phenoxy) is 1. The lowest BCUT2D eigenvalue weighted by Gasteiger charge is -2.58. The standard InChI is InChI=1S/C33H58F2O/c1-4-6-8-9-11-30(36-3)31-28(34)23-26(24-29(31)35)25-12-14-27(15-13-25)33-20-17-32(18-21-33,19-22-33)16-10-7-5-2/h25-31H,4-24H2,1-3H3. The molecule has 0 amide bonds. The lowest BCUT2D eigenvalue weighted by molar-refractivity contribution is -0.0812. The van der Waals surface area contributed by atoms with E-state index in [9.17, 15) is 0 Å². The van der Waals surface area contributed by atoms with Crippen molar-refractivity contribution < 1.29 is 13.5 Å². The van der Waals surface area contributed by atoms with Crippen LogP contribution in [0, 0.1) is 34.5 Å². The molecule has 5 rings (SSSR count). The number of methoxy groups -OCH3 is 1. The molecule has 0 aromatic carbocycles. The fraction of sp³-hybridized carbons (Fsp3) is 1.00. The van der Waals surface area contributed by atoms with Crippen molar-refractivity contribution in [3.05, 3.63) is 0 Å². The SMILES string of the molecule is CCCCCCC(OC)C1C(F)CC(C2CCC(C34CCC(CCCCC)(CC3)CC4)CC2)CC1F. The summed E-state index contributed by atoms with van der Waals surface area (Å²) in [6, 6.07) is 0. The third-order valence-electron chi connectivity index (χ3n) is 12.0. The Kier molecular flexibility index (Phi) is 10.6. The van der Waals surface area contributed by atoms with Crippen LogP contribution in [0.3, 0.4) is 0 Å². The minimum atomic E-state index is -1.04. The van der Waals surface area contributed by atoms with E-state index in [1.54, 1.807) is 7.11 Å². The van der Waals surface area contributed by atoms with Gasteiger partial charge in [0, 0.05) is 13.0 Å². The van der Waals surface area contributed by atoms with Crippen molar-refractivity contribution >= 4 is 0 Å². The zero-order valence-corrected chi connectivity index (χ0v) is 24.1. The molecule has 5 fully saturated rings. The highest BCUT2D eigenvalue weighted by atomic mass is 19.1. The van der Waals surface area contributed by atoms with Gasteiger partial charge in [-0.2, -0.15) is 0 Å². The first-order valence-corrected chi connectivity index (χ1v) is 16.3. The molecule has 5 aliphatic rings. The average molecular weight is 509 g/mol. The smallest absolute Gasteiger partial charge is 0.108 e. The van der Waals surface area contributed by atoms with Gasteiger partial charge in [-0.1, -0.05) is 58.8 Å². The second-order valence-electron chi connectivity index (χ2n) is 13.9. The number of rotatable bonds is 13. The van der Waals surface area contributed by atoms with Gasteiger partial charge in [-0.25, -0.2) is 8.78 Å². The molecule has 3 atom stereocenters. The van der Waals surface area contributed by atoms with Crippen molar-refractivity contribution in [2.75, 3.05) is 7.11 Å². The van der Waals surface area contributed by atoms with E-state index in [2.05, 4.69) is 13.8 Å². The summed E-state index contributed by atoms with van der Waals surface area (Å²) in [4.78, 5) is 0. The van der Waals surface area contributed by atoms with Crippen LogP contribution in [0.2, 0.25) is 0 Å². The summed E-state index contributed by atoms with van der Waals surface area (Å²) in [7, 11) is 1.66. The summed E-state index contributed by atoms with van der Waals surface area (Å²) in [5.41, 5.74) is 1.30. The highest BCUT2D eigenvalue weighted by molar-refractivity contribution is 5.03. The Morgan fingerprint density at radius 3 is 1.86 bits per heavy atom. The number of fused-ring (bicyclic) bond motifs is 3. The van der Waals surface area contributed by atoms with Gasteiger partial charge in [-0.15, -0.1) is 0 Å². The molecule has 2 bridgehead atoms. The van der Waals surface area contributed by atoms with Crippen LogP contribution in [-0.4, -0.2) is 25.6 Å². The van der Waals surface area contributed by atoms with Gasteiger partial charge in [0.05, 0.1) is 6.10 Å². The van der Waals surface area contributed by atoms with Crippen molar-refractivity contribution in [2.45, 2.75) is 167 Å². The summed E-state index contributed by atoms with van der Waals surface area (Å²) in [6.07, 6.45) is 23.7. The first-order valence-electron chi connectivity index (χ1n) is 16.3. The van der Waals surface area contributed by atoms with Crippen molar-refractivity contribution in [2.24, 2.45) is 34.5 Å². The molecular weight excluding hydrogens is 450 g/mol. The Morgan fingerprint density at radius 2 is 1.31 bits per heavy atom. The third-order valence-corrected chi connectivity index (χ3v) is 12.0. The van der Waals surface area contributed by atoms with Crippen molar-refractivity contribution in [3.63, 3.8) is 0 Å². The first-order chi connectivity index (χ1) is 17.5. The molecular formula is C33H58F2O. The molecule has 36 heavy (non-hydrogen) atoms. The van der Waals surface area contributed by atoms with Gasteiger partial charge in [-0.3, -0.25) is 0 Å². The third kappa shape index (κ3) is 6.51. The Bertz CT molecular complexity index is 605. The number of unbranched alkanes of at least 4 members (excludes halogenated alkanes) is 5. The maximum absolute atomic E-state index is 15.4. The van der Waals surface area contributed by atoms with E-state index in [-0.39, 0.29) is 12.0 Å². The van der Waals surface area contributed by atoms with E-state index in [1.165, 1.54) is 103 Å². The van der Waals surface area contributed by atoms with Crippen LogP contribution in [0.5, 0.6) is 0 Å². The van der Waals surface area contributed by atoms with E-state index in [1.807, 2.05) is 0 Å². The van der Waals surface area contributed by atoms with Crippen LogP contribution in [0.25, 0.3) is 0 Å². The Balaban J connectivity index is 1.24. The van der Waals surface area contributed by atoms with Crippen molar-refractivity contribution in [1.29, 1.82) is 0 Å². The van der Waals surface area contributed by atoms with Crippen LogP contribution in [0.15, 0.2) is 0 Å². The van der Waals surface area contributed by atoms with E-state index < -0.39 is 18.3 Å². The van der Waals surface area contributed by atoms with Gasteiger partial charge in [-0.05, 0) is 118 Å². The number of halogens is 2. The van der Waals surface area contributed by atoms with Gasteiger partial charge in [0.1, 0.15) is 12.3 Å². The molecule has 5 aliphatic carbocycles. The molecule has 0 spiro atoms. The highest BCUT2D eigenvalue weighted by Gasteiger charge is 2.52. The lowest BCUT2D eigenvalue weighted by atomic mass is 9.47. The zero-order valence-electron chi connectivity index (χ0n) is 24.1. The minimum Gasteiger partial charge on any atom is -0.381 e. The maximum Gasteiger partial charge on any atom is 0.108 e. The Labute approximate surface area is 222 Å². The molecule has 0 aromatic rings. The van der Waals surface area contributed by atoms with Crippen LogP contribution >= 0.6 is 0 Å². The molecule has 0 saturated heterocycles. The number of alkyl halides is 2. The van der Waals surface area contributed by atoms with E-state index in [0.717, 1.165) is 25.2 Å². The van der Waals surface area contributed by atoms with Gasteiger partial charge < -0.3 is 4.74 Å². The summed E-state index contributed by atoms with van der Waals surface area (Å²) in [6.45, 7) is 4.52. The molecule has 3 unspecified atom stereocenters. The van der Waals surface area contributed by atoms with E-state index in [0.29, 0.717) is 29.6 Å². The van der Waals surface area contributed by atoms with E-state index in [4.69, 9.17) is 4.74 Å². The Hall–Kier alpha value is -0.180. The van der Waals surface area contributed by atoms with Crippen LogP contribution < -0.4 is 0 Å². The molecule has 0 aromatic heterocycles. The van der Waals surface area contributed by atoms with Gasteiger partial charge >= 0.3 is 0 Å². The van der Waals surface area contributed by atoms with E-state index >= 15 is 8.78 Å². The van der Waals surface area contributed by atoms with Crippen LogP contribution in [0.4, 0.5) is 8.78 Å². The molecule has 3 heteroatoms. The summed E-state index contributed by atoms with van der Waals surface area (Å²) in [5.74, 6) is 1.11. The zero-order chi connectivity index (χ0) is 25.6. The number of hydrogen-bond acceptors (Lipinski definition) is 1. The molecule has 0 radical (unpaired) electrons. The van der Waals surface area contributed by atoms with Crippen LogP contribution in [0.1, 0.15) is 149 Å². The highest BCUT2D eigenvalue weighted by Crippen LogP contribution is 2.64. The molecule has 5 saturated carbocycles. The lowest BCUT2D eigenvalue weighted by Crippen LogP contribution is -2.47. The molecule has 1 nitrogen and oxygen atoms in total. The fourth-order valence-corrected chi connectivity index (χ4v) is 9.54.